The molecule has 6 nitrogen and oxygen atoms in total. The molecule has 48 heavy (non-hydrogen) atoms. The zero-order chi connectivity index (χ0) is 35.5. The van der Waals surface area contributed by atoms with Gasteiger partial charge in [0.15, 0.2) is 0 Å². The first kappa shape index (κ1) is 37.5. The number of fused-ring (bicyclic) bond motifs is 7. The van der Waals surface area contributed by atoms with E-state index in [0.29, 0.717) is 64.6 Å². The lowest BCUT2D eigenvalue weighted by Gasteiger charge is -2.73. The van der Waals surface area contributed by atoms with Gasteiger partial charge in [-0.1, -0.05) is 59.9 Å². The minimum absolute atomic E-state index is 0.0105. The average Bonchev–Trinajstić information content (AvgIpc) is 3.37. The minimum atomic E-state index is -0.881. The van der Waals surface area contributed by atoms with Crippen molar-refractivity contribution in [3.63, 3.8) is 0 Å². The predicted molar refractivity (Wildman–Crippen MR) is 194 cm³/mol. The Labute approximate surface area is 292 Å². The molecule has 5 saturated carbocycles. The van der Waals surface area contributed by atoms with Crippen LogP contribution in [0.1, 0.15) is 132 Å². The molecule has 272 valence electrons. The van der Waals surface area contributed by atoms with Gasteiger partial charge in [-0.25, -0.2) is 0 Å². The van der Waals surface area contributed by atoms with Gasteiger partial charge >= 0.3 is 5.97 Å². The Morgan fingerprint density at radius 1 is 0.875 bits per heavy atom. The molecule has 0 bridgehead atoms. The van der Waals surface area contributed by atoms with Crippen molar-refractivity contribution in [2.75, 3.05) is 20.3 Å². The molecule has 5 fully saturated rings. The summed E-state index contributed by atoms with van der Waals surface area (Å²) < 4.78 is 12.8. The second kappa shape index (κ2) is 13.1. The Balaban J connectivity index is 1.37. The van der Waals surface area contributed by atoms with Crippen LogP contribution in [0.15, 0.2) is 36.8 Å². The van der Waals surface area contributed by atoms with Crippen LogP contribution in [0, 0.1) is 62.1 Å². The summed E-state index contributed by atoms with van der Waals surface area (Å²) in [5, 5.41) is 9.70. The van der Waals surface area contributed by atoms with E-state index in [4.69, 9.17) is 14.3 Å². The molecular formula is C42H69NO5. The number of hydrogen-bond acceptors (Lipinski definition) is 5. The summed E-state index contributed by atoms with van der Waals surface area (Å²) >= 11 is 0. The van der Waals surface area contributed by atoms with Crippen LogP contribution in [0.3, 0.4) is 0 Å². The number of ether oxygens (including phenoxy) is 2. The van der Waals surface area contributed by atoms with Gasteiger partial charge in [-0.05, 0) is 143 Å². The first-order valence-corrected chi connectivity index (χ1v) is 19.1. The predicted octanol–water partition coefficient (Wildman–Crippen LogP) is 10.1. The number of allylic oxidation sites excluding steroid dienone is 2. The van der Waals surface area contributed by atoms with Gasteiger partial charge in [0.05, 0.1) is 31.4 Å². The summed E-state index contributed by atoms with van der Waals surface area (Å²) in [6, 6.07) is 0. The first-order valence-electron chi connectivity index (χ1n) is 19.1. The lowest BCUT2D eigenvalue weighted by Crippen LogP contribution is -2.66. The summed E-state index contributed by atoms with van der Waals surface area (Å²) in [4.78, 5) is 16.8. The van der Waals surface area contributed by atoms with E-state index in [1.807, 2.05) is 0 Å². The highest BCUT2D eigenvalue weighted by Crippen LogP contribution is 2.78. The molecule has 0 aromatic heterocycles. The van der Waals surface area contributed by atoms with E-state index in [2.05, 4.69) is 66.8 Å². The normalized spacial score (nSPS) is 41.6. The largest absolute Gasteiger partial charge is 0.497 e. The standard InChI is InChI=1S/C42H69NO5/c1-27(2)30-15-20-42(23-24-47-29(4)26-43-46-12)22-21-40(10)31(35(30)42)13-14-33-39(9)18-17-34(48-28(3)25-37(5,6)36(44)45)38(7,8)32(39)16-19-41(33,40)11/h30-35,43H,1,3-4,13-26H2,2,5-12H3,(H,44,45)/t30-,31+,32-,33+,34-,35+,39-,40+,41+,42+/m0/s1. The van der Waals surface area contributed by atoms with Gasteiger partial charge in [0.25, 0.3) is 0 Å². The van der Waals surface area contributed by atoms with Crippen molar-refractivity contribution < 1.29 is 24.2 Å². The third-order valence-electron chi connectivity index (χ3n) is 16.0. The van der Waals surface area contributed by atoms with Crippen molar-refractivity contribution in [1.82, 2.24) is 5.48 Å². The fourth-order valence-corrected chi connectivity index (χ4v) is 13.3. The number of hydroxylamine groups is 1. The topological polar surface area (TPSA) is 77.0 Å². The monoisotopic (exact) mass is 668 g/mol. The maximum Gasteiger partial charge on any atom is 0.309 e. The Morgan fingerprint density at radius 3 is 2.23 bits per heavy atom. The van der Waals surface area contributed by atoms with E-state index in [1.54, 1.807) is 21.0 Å². The summed E-state index contributed by atoms with van der Waals surface area (Å²) in [6.45, 7) is 32.9. The highest BCUT2D eigenvalue weighted by Gasteiger charge is 2.71. The summed E-state index contributed by atoms with van der Waals surface area (Å²) in [7, 11) is 1.62. The molecule has 0 spiro atoms. The Kier molecular flexibility index (Phi) is 10.2. The van der Waals surface area contributed by atoms with E-state index in [9.17, 15) is 9.90 Å². The second-order valence-corrected chi connectivity index (χ2v) is 19.1. The highest BCUT2D eigenvalue weighted by molar-refractivity contribution is 5.73. The Bertz CT molecular complexity index is 1270. The van der Waals surface area contributed by atoms with Crippen LogP contribution >= 0.6 is 0 Å². The first-order chi connectivity index (χ1) is 22.3. The molecule has 5 aliphatic carbocycles. The number of aliphatic carboxylic acids is 1. The van der Waals surface area contributed by atoms with Gasteiger partial charge in [0.1, 0.15) is 11.9 Å². The third kappa shape index (κ3) is 6.01. The van der Waals surface area contributed by atoms with Crippen molar-refractivity contribution in [2.24, 2.45) is 62.1 Å². The fourth-order valence-electron chi connectivity index (χ4n) is 13.3. The summed E-state index contributed by atoms with van der Waals surface area (Å²) in [5.74, 6) is 3.80. The molecule has 0 aliphatic heterocycles. The van der Waals surface area contributed by atoms with Crippen LogP contribution in [0.4, 0.5) is 0 Å². The molecule has 0 amide bonds. The molecule has 10 atom stereocenters. The zero-order valence-electron chi connectivity index (χ0n) is 32.1. The van der Waals surface area contributed by atoms with Crippen molar-refractivity contribution >= 4 is 5.97 Å². The molecule has 0 saturated heterocycles. The molecular weight excluding hydrogens is 598 g/mol. The Morgan fingerprint density at radius 2 is 1.58 bits per heavy atom. The maximum atomic E-state index is 11.8. The molecule has 6 heteroatoms. The van der Waals surface area contributed by atoms with Gasteiger partial charge < -0.3 is 19.4 Å². The lowest BCUT2D eigenvalue weighted by atomic mass is 9.32. The van der Waals surface area contributed by atoms with Crippen LogP contribution in [0.25, 0.3) is 0 Å². The molecule has 5 aliphatic rings. The smallest absolute Gasteiger partial charge is 0.309 e. The van der Waals surface area contributed by atoms with Crippen LogP contribution in [-0.2, 0) is 19.1 Å². The number of carbonyl (C=O) groups is 1. The SMILES string of the molecule is C=C(CNOC)OCC[C@]12CC[C@@H](C(=C)C)[C@@H]1[C@H]1CC[C@@H]3[C@@]4(C)CC[C@H](OC(=C)CC(C)(C)C(=O)O)C(C)(C)[C@@H]4CC[C@@]3(C)[C@]1(C)CC2. The molecule has 0 aromatic rings. The number of carboxylic acid groups (broad SMARTS) is 1. The van der Waals surface area contributed by atoms with Gasteiger partial charge in [-0.15, -0.1) is 0 Å². The van der Waals surface area contributed by atoms with E-state index < -0.39 is 11.4 Å². The van der Waals surface area contributed by atoms with E-state index in [1.165, 1.54) is 63.4 Å². The highest BCUT2D eigenvalue weighted by atomic mass is 16.6. The molecule has 0 unspecified atom stereocenters. The van der Waals surface area contributed by atoms with E-state index in [0.717, 1.165) is 25.2 Å². The van der Waals surface area contributed by atoms with Gasteiger partial charge in [0, 0.05) is 11.8 Å². The van der Waals surface area contributed by atoms with Crippen LogP contribution in [0.2, 0.25) is 0 Å². The maximum absolute atomic E-state index is 11.8. The number of hydrogen-bond donors (Lipinski definition) is 2. The third-order valence-corrected chi connectivity index (χ3v) is 16.0. The van der Waals surface area contributed by atoms with Crippen LogP contribution in [0.5, 0.6) is 0 Å². The summed E-state index contributed by atoms with van der Waals surface area (Å²) in [6.07, 6.45) is 14.0. The van der Waals surface area contributed by atoms with Gasteiger partial charge in [-0.2, -0.15) is 5.48 Å². The van der Waals surface area contributed by atoms with Crippen molar-refractivity contribution in [3.05, 3.63) is 36.8 Å². The van der Waals surface area contributed by atoms with Crippen LogP contribution < -0.4 is 5.48 Å². The molecule has 5 rings (SSSR count). The average molecular weight is 668 g/mol. The fraction of sp³-hybridized carbons (Fsp3) is 0.833. The van der Waals surface area contributed by atoms with Crippen molar-refractivity contribution in [3.8, 4) is 0 Å². The molecule has 0 heterocycles. The second-order valence-electron chi connectivity index (χ2n) is 19.1. The number of rotatable bonds is 13. The molecule has 0 radical (unpaired) electrons. The number of carboxylic acids is 1. The zero-order valence-corrected chi connectivity index (χ0v) is 32.1. The Hall–Kier alpha value is -1.79. The quantitative estimate of drug-likeness (QED) is 0.116. The van der Waals surface area contributed by atoms with Crippen LogP contribution in [-0.4, -0.2) is 37.4 Å². The summed E-state index contributed by atoms with van der Waals surface area (Å²) in [5.41, 5.74) is 4.53. The lowest BCUT2D eigenvalue weighted by molar-refractivity contribution is -0.249. The molecule has 2 N–H and O–H groups in total. The van der Waals surface area contributed by atoms with Gasteiger partial charge in [-0.3, -0.25) is 4.79 Å². The number of nitrogens with one attached hydrogen (secondary N) is 1. The van der Waals surface area contributed by atoms with E-state index in [-0.39, 0.29) is 16.9 Å². The van der Waals surface area contributed by atoms with E-state index >= 15 is 0 Å². The van der Waals surface area contributed by atoms with Gasteiger partial charge in [0.2, 0.25) is 0 Å². The van der Waals surface area contributed by atoms with Crippen molar-refractivity contribution in [2.45, 2.75) is 139 Å². The molecule has 0 aromatic carbocycles. The minimum Gasteiger partial charge on any atom is -0.497 e. The van der Waals surface area contributed by atoms with Crippen molar-refractivity contribution in [1.29, 1.82) is 0 Å².